The summed E-state index contributed by atoms with van der Waals surface area (Å²) in [6, 6.07) is 9.69. The number of hydrogen-bond donors (Lipinski definition) is 1. The number of halogens is 1. The monoisotopic (exact) mass is 360 g/mol. The molecule has 102 valence electrons. The number of rotatable bonds is 6. The van der Waals surface area contributed by atoms with Crippen LogP contribution >= 0.6 is 22.6 Å². The SMILES string of the molecule is CC(NC(CN(C)C)C(C)C)c1ccc(I)cc1. The molecule has 2 atom stereocenters. The third kappa shape index (κ3) is 5.24. The second-order valence-corrected chi connectivity index (χ2v) is 6.80. The van der Waals surface area contributed by atoms with Gasteiger partial charge in [0.05, 0.1) is 0 Å². The van der Waals surface area contributed by atoms with Gasteiger partial charge in [0.2, 0.25) is 0 Å². The fraction of sp³-hybridized carbons (Fsp3) is 0.600. The van der Waals surface area contributed by atoms with E-state index in [-0.39, 0.29) is 0 Å². The minimum absolute atomic E-state index is 0.398. The predicted molar refractivity (Wildman–Crippen MR) is 87.9 cm³/mol. The molecule has 0 fully saturated rings. The van der Waals surface area contributed by atoms with Crippen LogP contribution in [0.5, 0.6) is 0 Å². The van der Waals surface area contributed by atoms with Gasteiger partial charge >= 0.3 is 0 Å². The Labute approximate surface area is 125 Å². The van der Waals surface area contributed by atoms with Crippen LogP contribution in [0.4, 0.5) is 0 Å². The first-order valence-electron chi connectivity index (χ1n) is 6.56. The van der Waals surface area contributed by atoms with Crippen molar-refractivity contribution in [3.63, 3.8) is 0 Å². The van der Waals surface area contributed by atoms with Crippen molar-refractivity contribution in [2.45, 2.75) is 32.9 Å². The van der Waals surface area contributed by atoms with E-state index >= 15 is 0 Å². The Bertz CT molecular complexity index is 346. The molecule has 0 aliphatic heterocycles. The minimum atomic E-state index is 0.398. The summed E-state index contributed by atoms with van der Waals surface area (Å²) >= 11 is 2.34. The first-order valence-corrected chi connectivity index (χ1v) is 7.64. The maximum atomic E-state index is 3.74. The molecule has 18 heavy (non-hydrogen) atoms. The Morgan fingerprint density at radius 2 is 1.67 bits per heavy atom. The van der Waals surface area contributed by atoms with Crippen LogP contribution in [-0.2, 0) is 0 Å². The molecule has 0 aliphatic rings. The number of hydrogen-bond acceptors (Lipinski definition) is 2. The lowest BCUT2D eigenvalue weighted by Crippen LogP contribution is -2.43. The van der Waals surface area contributed by atoms with Crippen molar-refractivity contribution in [1.29, 1.82) is 0 Å². The average molecular weight is 360 g/mol. The van der Waals surface area contributed by atoms with Crippen molar-refractivity contribution in [1.82, 2.24) is 10.2 Å². The smallest absolute Gasteiger partial charge is 0.0295 e. The molecule has 0 radical (unpaired) electrons. The third-order valence-electron chi connectivity index (χ3n) is 3.20. The highest BCUT2D eigenvalue weighted by Gasteiger charge is 2.17. The highest BCUT2D eigenvalue weighted by Crippen LogP contribution is 2.17. The van der Waals surface area contributed by atoms with Gasteiger partial charge in [-0.05, 0) is 67.2 Å². The van der Waals surface area contributed by atoms with Gasteiger partial charge in [-0.1, -0.05) is 26.0 Å². The zero-order valence-electron chi connectivity index (χ0n) is 12.1. The van der Waals surface area contributed by atoms with E-state index < -0.39 is 0 Å². The van der Waals surface area contributed by atoms with Crippen molar-refractivity contribution in [3.8, 4) is 0 Å². The van der Waals surface area contributed by atoms with Crippen LogP contribution in [0.1, 0.15) is 32.4 Å². The van der Waals surface area contributed by atoms with E-state index in [1.165, 1.54) is 9.13 Å². The number of benzene rings is 1. The number of nitrogens with one attached hydrogen (secondary N) is 1. The molecule has 0 heterocycles. The normalized spacial score (nSPS) is 15.1. The molecule has 1 aromatic carbocycles. The molecule has 0 saturated carbocycles. The van der Waals surface area contributed by atoms with Gasteiger partial charge in [-0.2, -0.15) is 0 Å². The van der Waals surface area contributed by atoms with Gasteiger partial charge < -0.3 is 10.2 Å². The second kappa shape index (κ2) is 7.46. The van der Waals surface area contributed by atoms with E-state index in [0.717, 1.165) is 6.54 Å². The van der Waals surface area contributed by atoms with Crippen LogP contribution in [-0.4, -0.2) is 31.6 Å². The van der Waals surface area contributed by atoms with Crippen LogP contribution < -0.4 is 5.32 Å². The first kappa shape index (κ1) is 15.9. The van der Waals surface area contributed by atoms with Gasteiger partial charge in [0.1, 0.15) is 0 Å². The Kier molecular flexibility index (Phi) is 6.60. The van der Waals surface area contributed by atoms with Crippen molar-refractivity contribution in [3.05, 3.63) is 33.4 Å². The van der Waals surface area contributed by atoms with E-state index in [9.17, 15) is 0 Å². The maximum absolute atomic E-state index is 3.74. The molecule has 1 aromatic rings. The molecule has 0 amide bonds. The molecule has 2 unspecified atom stereocenters. The minimum Gasteiger partial charge on any atom is -0.308 e. The van der Waals surface area contributed by atoms with Gasteiger partial charge in [-0.25, -0.2) is 0 Å². The summed E-state index contributed by atoms with van der Waals surface area (Å²) in [5.41, 5.74) is 1.36. The van der Waals surface area contributed by atoms with Gasteiger partial charge in [-0.15, -0.1) is 0 Å². The van der Waals surface area contributed by atoms with E-state index in [0.29, 0.717) is 18.0 Å². The summed E-state index contributed by atoms with van der Waals surface area (Å²) in [7, 11) is 4.26. The summed E-state index contributed by atoms with van der Waals surface area (Å²) in [4.78, 5) is 2.25. The Morgan fingerprint density at radius 3 is 2.11 bits per heavy atom. The molecule has 1 rings (SSSR count). The fourth-order valence-electron chi connectivity index (χ4n) is 2.02. The molecule has 0 aliphatic carbocycles. The summed E-state index contributed by atoms with van der Waals surface area (Å²) in [5.74, 6) is 0.638. The lowest BCUT2D eigenvalue weighted by atomic mass is 10.0. The summed E-state index contributed by atoms with van der Waals surface area (Å²) in [6.07, 6.45) is 0. The van der Waals surface area contributed by atoms with Crippen LogP contribution in [0, 0.1) is 9.49 Å². The summed E-state index contributed by atoms with van der Waals surface area (Å²) < 4.78 is 1.29. The Balaban J connectivity index is 2.65. The molecule has 0 bridgehead atoms. The second-order valence-electron chi connectivity index (χ2n) is 5.55. The number of nitrogens with zero attached hydrogens (tertiary/aromatic N) is 1. The zero-order chi connectivity index (χ0) is 13.7. The number of likely N-dealkylation sites (N-methyl/N-ethyl adjacent to an activating group) is 1. The highest BCUT2D eigenvalue weighted by molar-refractivity contribution is 14.1. The largest absolute Gasteiger partial charge is 0.308 e. The topological polar surface area (TPSA) is 15.3 Å². The first-order chi connectivity index (χ1) is 8.40. The Hall–Kier alpha value is -0.130. The van der Waals surface area contributed by atoms with Crippen LogP contribution in [0.15, 0.2) is 24.3 Å². The van der Waals surface area contributed by atoms with E-state index in [2.05, 4.69) is 91.9 Å². The molecule has 2 nitrogen and oxygen atoms in total. The van der Waals surface area contributed by atoms with Crippen molar-refractivity contribution < 1.29 is 0 Å². The van der Waals surface area contributed by atoms with E-state index in [1.807, 2.05) is 0 Å². The van der Waals surface area contributed by atoms with Crippen molar-refractivity contribution >= 4 is 22.6 Å². The average Bonchev–Trinajstić information content (AvgIpc) is 2.28. The lowest BCUT2D eigenvalue weighted by Gasteiger charge is -2.29. The Morgan fingerprint density at radius 1 is 1.11 bits per heavy atom. The highest BCUT2D eigenvalue weighted by atomic mass is 127. The van der Waals surface area contributed by atoms with Gasteiger partial charge in [0.15, 0.2) is 0 Å². The van der Waals surface area contributed by atoms with Gasteiger partial charge in [-0.3, -0.25) is 0 Å². The molecular formula is C15H25IN2. The fourth-order valence-corrected chi connectivity index (χ4v) is 2.38. The van der Waals surface area contributed by atoms with Crippen molar-refractivity contribution in [2.24, 2.45) is 5.92 Å². The molecule has 1 N–H and O–H groups in total. The predicted octanol–water partition coefficient (Wildman–Crippen LogP) is 3.53. The van der Waals surface area contributed by atoms with Gasteiger partial charge in [0, 0.05) is 22.2 Å². The van der Waals surface area contributed by atoms with Crippen LogP contribution in [0.3, 0.4) is 0 Å². The lowest BCUT2D eigenvalue weighted by molar-refractivity contribution is 0.273. The van der Waals surface area contributed by atoms with E-state index in [4.69, 9.17) is 0 Å². The third-order valence-corrected chi connectivity index (χ3v) is 3.92. The quantitative estimate of drug-likeness (QED) is 0.781. The zero-order valence-corrected chi connectivity index (χ0v) is 14.2. The standard InChI is InChI=1S/C15H25IN2/c1-11(2)15(10-18(4)5)17-12(3)13-6-8-14(16)9-7-13/h6-9,11-12,15,17H,10H2,1-5H3. The summed E-state index contributed by atoms with van der Waals surface area (Å²) in [5, 5.41) is 3.74. The molecule has 0 aromatic heterocycles. The molecule has 3 heteroatoms. The van der Waals surface area contributed by atoms with E-state index in [1.54, 1.807) is 0 Å². The molecule has 0 spiro atoms. The van der Waals surface area contributed by atoms with Crippen molar-refractivity contribution in [2.75, 3.05) is 20.6 Å². The van der Waals surface area contributed by atoms with Gasteiger partial charge in [0.25, 0.3) is 0 Å². The van der Waals surface area contributed by atoms with Crippen LogP contribution in [0.25, 0.3) is 0 Å². The van der Waals surface area contributed by atoms with Crippen LogP contribution in [0.2, 0.25) is 0 Å². The summed E-state index contributed by atoms with van der Waals surface area (Å²) in [6.45, 7) is 7.88. The molecule has 0 saturated heterocycles. The molecular weight excluding hydrogens is 335 g/mol. The maximum Gasteiger partial charge on any atom is 0.0295 e.